The van der Waals surface area contributed by atoms with E-state index in [0.29, 0.717) is 0 Å². The fourth-order valence-corrected chi connectivity index (χ4v) is 2.91. The number of hydrogen-bond donors (Lipinski definition) is 2. The average Bonchev–Trinajstić information content (AvgIpc) is 2.43. The lowest BCUT2D eigenvalue weighted by Gasteiger charge is -2.34. The van der Waals surface area contributed by atoms with Crippen LogP contribution in [0.1, 0.15) is 12.8 Å². The molecule has 11 heteroatoms. The first-order chi connectivity index (χ1) is 10.6. The minimum Gasteiger partial charge on any atom is -0.481 e. The predicted octanol–water partition coefficient (Wildman–Crippen LogP) is -1.58. The Kier molecular flexibility index (Phi) is 6.91. The van der Waals surface area contributed by atoms with Crippen LogP contribution in [0.25, 0.3) is 0 Å². The molecule has 0 radical (unpaired) electrons. The van der Waals surface area contributed by atoms with Crippen LogP contribution < -0.4 is 0 Å². The Morgan fingerprint density at radius 2 is 1.87 bits per heavy atom. The van der Waals surface area contributed by atoms with Crippen LogP contribution in [0.3, 0.4) is 0 Å². The van der Waals surface area contributed by atoms with E-state index in [2.05, 4.69) is 0 Å². The Morgan fingerprint density at radius 1 is 1.22 bits per heavy atom. The Morgan fingerprint density at radius 3 is 2.39 bits per heavy atom. The van der Waals surface area contributed by atoms with Crippen molar-refractivity contribution in [2.24, 2.45) is 0 Å². The lowest BCUT2D eigenvalue weighted by Crippen LogP contribution is -2.51. The van der Waals surface area contributed by atoms with E-state index in [1.54, 1.807) is 0 Å². The molecule has 1 amide bonds. The summed E-state index contributed by atoms with van der Waals surface area (Å²) in [4.78, 5) is 34.5. The van der Waals surface area contributed by atoms with Gasteiger partial charge in [-0.1, -0.05) is 0 Å². The Hall–Kier alpha value is -1.72. The first-order valence-electron chi connectivity index (χ1n) is 6.87. The van der Waals surface area contributed by atoms with Crippen molar-refractivity contribution in [2.45, 2.75) is 18.9 Å². The zero-order valence-electron chi connectivity index (χ0n) is 12.7. The highest BCUT2D eigenvalue weighted by Gasteiger charge is 2.29. The van der Waals surface area contributed by atoms with E-state index in [0.717, 1.165) is 10.6 Å². The average molecular weight is 352 g/mol. The van der Waals surface area contributed by atoms with Crippen molar-refractivity contribution in [3.63, 3.8) is 0 Å². The van der Waals surface area contributed by atoms with Crippen LogP contribution >= 0.6 is 0 Å². The van der Waals surface area contributed by atoms with Crippen molar-refractivity contribution in [3.8, 4) is 0 Å². The molecule has 1 fully saturated rings. The van der Waals surface area contributed by atoms with Crippen molar-refractivity contribution in [1.82, 2.24) is 9.21 Å². The van der Waals surface area contributed by atoms with Crippen LogP contribution in [0.2, 0.25) is 0 Å². The van der Waals surface area contributed by atoms with Crippen molar-refractivity contribution in [1.29, 1.82) is 0 Å². The number of carboxylic acid groups (broad SMARTS) is 2. The maximum absolute atomic E-state index is 11.9. The summed E-state index contributed by atoms with van der Waals surface area (Å²) < 4.78 is 29.3. The number of ether oxygens (including phenoxy) is 1. The van der Waals surface area contributed by atoms with E-state index in [1.807, 2.05) is 0 Å². The number of sulfonamides is 1. The number of carboxylic acids is 2. The molecule has 0 aromatic heterocycles. The van der Waals surface area contributed by atoms with Crippen molar-refractivity contribution < 1.29 is 37.8 Å². The summed E-state index contributed by atoms with van der Waals surface area (Å²) in [6.45, 7) is -0.329. The number of rotatable bonds is 8. The molecule has 1 rings (SSSR count). The molecule has 0 bridgehead atoms. The van der Waals surface area contributed by atoms with E-state index < -0.39 is 34.6 Å². The normalized spacial score (nSPS) is 18.9. The molecule has 0 aliphatic carbocycles. The number of amides is 1. The van der Waals surface area contributed by atoms with Gasteiger partial charge in [-0.2, -0.15) is 4.31 Å². The van der Waals surface area contributed by atoms with Gasteiger partial charge in [-0.25, -0.2) is 8.42 Å². The van der Waals surface area contributed by atoms with Crippen LogP contribution in [0.4, 0.5) is 0 Å². The standard InChI is InChI=1S/C12H20N2O8S/c1-23(20,21)14(8-12(18)19)7-9-6-13(4-5-22-9)10(15)2-3-11(16)17/h9H,2-8H2,1H3,(H,16,17)(H,18,19). The number of carbonyl (C=O) groups excluding carboxylic acids is 1. The second-order valence-corrected chi connectivity index (χ2v) is 7.16. The maximum Gasteiger partial charge on any atom is 0.318 e. The highest BCUT2D eigenvalue weighted by Crippen LogP contribution is 2.11. The van der Waals surface area contributed by atoms with E-state index in [-0.39, 0.29) is 45.0 Å². The maximum atomic E-state index is 11.9. The topological polar surface area (TPSA) is 142 Å². The van der Waals surface area contributed by atoms with Gasteiger partial charge in [0.15, 0.2) is 0 Å². The van der Waals surface area contributed by atoms with Gasteiger partial charge in [-0.3, -0.25) is 14.4 Å². The van der Waals surface area contributed by atoms with Crippen molar-refractivity contribution in [3.05, 3.63) is 0 Å². The van der Waals surface area contributed by atoms with E-state index in [1.165, 1.54) is 4.90 Å². The molecule has 1 heterocycles. The van der Waals surface area contributed by atoms with Crippen LogP contribution in [0.5, 0.6) is 0 Å². The third-order valence-corrected chi connectivity index (χ3v) is 4.45. The summed E-state index contributed by atoms with van der Waals surface area (Å²) in [5.41, 5.74) is 0. The monoisotopic (exact) mass is 352 g/mol. The Bertz CT molecular complexity index is 561. The van der Waals surface area contributed by atoms with Gasteiger partial charge in [0.2, 0.25) is 15.9 Å². The Balaban J connectivity index is 2.64. The van der Waals surface area contributed by atoms with Crippen molar-refractivity contribution in [2.75, 3.05) is 39.0 Å². The smallest absolute Gasteiger partial charge is 0.318 e. The summed E-state index contributed by atoms with van der Waals surface area (Å²) in [7, 11) is -3.73. The second-order valence-electron chi connectivity index (χ2n) is 5.18. The van der Waals surface area contributed by atoms with E-state index >= 15 is 0 Å². The molecule has 1 unspecified atom stereocenters. The lowest BCUT2D eigenvalue weighted by molar-refractivity contribution is -0.144. The van der Waals surface area contributed by atoms with Crippen molar-refractivity contribution >= 4 is 27.9 Å². The largest absolute Gasteiger partial charge is 0.481 e. The third-order valence-electron chi connectivity index (χ3n) is 3.23. The van der Waals surface area contributed by atoms with Crippen LogP contribution in [-0.4, -0.2) is 90.8 Å². The van der Waals surface area contributed by atoms with Crippen LogP contribution in [0.15, 0.2) is 0 Å². The summed E-state index contributed by atoms with van der Waals surface area (Å²) in [5.74, 6) is -2.72. The predicted molar refractivity (Wildman–Crippen MR) is 77.2 cm³/mol. The number of nitrogens with zero attached hydrogens (tertiary/aromatic N) is 2. The fourth-order valence-electron chi connectivity index (χ4n) is 2.12. The highest BCUT2D eigenvalue weighted by molar-refractivity contribution is 7.88. The zero-order valence-corrected chi connectivity index (χ0v) is 13.5. The second kappa shape index (κ2) is 8.22. The molecule has 0 spiro atoms. The highest BCUT2D eigenvalue weighted by atomic mass is 32.2. The minimum atomic E-state index is -3.73. The lowest BCUT2D eigenvalue weighted by atomic mass is 10.2. The molecule has 1 aliphatic rings. The molecule has 1 saturated heterocycles. The third kappa shape index (κ3) is 6.93. The number of carbonyl (C=O) groups is 3. The fraction of sp³-hybridized carbons (Fsp3) is 0.750. The van der Waals surface area contributed by atoms with E-state index in [4.69, 9.17) is 14.9 Å². The van der Waals surface area contributed by atoms with Gasteiger partial charge in [0.1, 0.15) is 6.54 Å². The minimum absolute atomic E-state index is 0.0874. The van der Waals surface area contributed by atoms with Gasteiger partial charge in [0.25, 0.3) is 0 Å². The van der Waals surface area contributed by atoms with Gasteiger partial charge in [-0.15, -0.1) is 0 Å². The Labute approximate surface area is 133 Å². The number of aliphatic carboxylic acids is 2. The molecule has 0 aromatic rings. The van der Waals surface area contributed by atoms with Gasteiger partial charge >= 0.3 is 11.9 Å². The molecule has 1 aliphatic heterocycles. The molecule has 0 saturated carbocycles. The van der Waals surface area contributed by atoms with Crippen LogP contribution in [-0.2, 0) is 29.1 Å². The number of hydrogen-bond acceptors (Lipinski definition) is 6. The van der Waals surface area contributed by atoms with Gasteiger partial charge < -0.3 is 19.8 Å². The number of morpholine rings is 1. The van der Waals surface area contributed by atoms with Gasteiger partial charge in [0, 0.05) is 26.1 Å². The summed E-state index contributed by atoms with van der Waals surface area (Å²) in [5, 5.41) is 17.4. The molecule has 1 atom stereocenters. The molecule has 0 aromatic carbocycles. The summed E-state index contributed by atoms with van der Waals surface area (Å²) >= 11 is 0. The quantitative estimate of drug-likeness (QED) is 0.533. The SMILES string of the molecule is CS(=O)(=O)N(CC(=O)O)CC1CN(C(=O)CCC(=O)O)CCO1. The van der Waals surface area contributed by atoms with Gasteiger partial charge in [-0.05, 0) is 0 Å². The van der Waals surface area contributed by atoms with Crippen LogP contribution in [0, 0.1) is 0 Å². The zero-order chi connectivity index (χ0) is 17.6. The molecule has 132 valence electrons. The molecule has 23 heavy (non-hydrogen) atoms. The molecular weight excluding hydrogens is 332 g/mol. The summed E-state index contributed by atoms with van der Waals surface area (Å²) in [6, 6.07) is 0. The molecular formula is C12H20N2O8S. The van der Waals surface area contributed by atoms with Gasteiger partial charge in [0.05, 0.1) is 25.4 Å². The summed E-state index contributed by atoms with van der Waals surface area (Å²) in [6.07, 6.45) is -0.191. The first-order valence-corrected chi connectivity index (χ1v) is 8.72. The molecule has 10 nitrogen and oxygen atoms in total. The first kappa shape index (κ1) is 19.3. The van der Waals surface area contributed by atoms with E-state index in [9.17, 15) is 22.8 Å². The molecule has 2 N–H and O–H groups in total.